The number of carbonyl (C=O) groups is 12. The van der Waals surface area contributed by atoms with E-state index in [0.717, 1.165) is 9.80 Å². The summed E-state index contributed by atoms with van der Waals surface area (Å²) >= 11 is 0. The van der Waals surface area contributed by atoms with E-state index in [1.807, 2.05) is 0 Å². The van der Waals surface area contributed by atoms with Crippen molar-refractivity contribution in [3.63, 3.8) is 0 Å². The number of hydrogen-bond acceptors (Lipinski definition) is 18. The number of phenols is 1. The lowest BCUT2D eigenvalue weighted by Crippen LogP contribution is -2.61. The van der Waals surface area contributed by atoms with Gasteiger partial charge in [0.1, 0.15) is 77.3 Å². The van der Waals surface area contributed by atoms with Crippen molar-refractivity contribution in [2.45, 2.75) is 169 Å². The number of aryl methyl sites for hydroxylation is 2. The Bertz CT molecular complexity index is 3430. The minimum absolute atomic E-state index is 0.0337. The number of carbonyl (C=O) groups excluding carboxylic acids is 12. The number of likely N-dealkylation sites (N-methyl/N-ethyl adjacent to an activating group) is 4. The summed E-state index contributed by atoms with van der Waals surface area (Å²) in [6.45, 7) is 18.8. The maximum absolute atomic E-state index is 15.4. The second-order valence-corrected chi connectivity index (χ2v) is 25.8. The van der Waals surface area contributed by atoms with E-state index in [2.05, 4.69) is 26.6 Å². The van der Waals surface area contributed by atoms with Crippen LogP contribution in [-0.2, 0) is 57.4 Å². The molecule has 4 aliphatic heterocycles. The number of nitrogens with zero attached hydrogens (tertiary/aromatic N) is 8. The summed E-state index contributed by atoms with van der Waals surface area (Å²) in [6, 6.07) is -7.59. The molecule has 10 amide bonds. The molecule has 0 spiro atoms. The molecule has 1 aromatic heterocycles. The Balaban J connectivity index is 1.34. The lowest BCUT2D eigenvalue weighted by molar-refractivity contribution is -0.163. The van der Waals surface area contributed by atoms with Gasteiger partial charge in [-0.25, -0.2) is 19.6 Å². The smallest absolute Gasteiger partial charge is 0.329 e. The molecule has 3 aromatic rings. The molecule has 0 radical (unpaired) electrons. The number of aromatic hydroxyl groups is 1. The first kappa shape index (κ1) is 69.7. The largest absolute Gasteiger partial charge is 0.505 e. The third kappa shape index (κ3) is 14.1. The van der Waals surface area contributed by atoms with E-state index in [9.17, 15) is 53.1 Å². The molecule has 2 aromatic carbocycles. The molecule has 6 N–H and O–H groups in total. The van der Waals surface area contributed by atoms with Crippen LogP contribution in [0.1, 0.15) is 127 Å². The van der Waals surface area contributed by atoms with E-state index in [1.165, 1.54) is 81.7 Å². The van der Waals surface area contributed by atoms with Crippen LogP contribution in [0, 0.1) is 37.5 Å². The van der Waals surface area contributed by atoms with Gasteiger partial charge in [0.05, 0.1) is 40.9 Å². The molecule has 4 aliphatic rings. The standard InChI is InChI=1S/C63H89N13O15/c1-28(2)42-60(86)75-24-18-20-37(75)58(84)71(14)26-39(77)73(16)51(30(5)6)62(88)90-34(11)46(56(82)67-42)69-54(80)36-23-22-32(9)44-48(36)66-49-41(50(64-13)53(79)33(10)45(49)65-44)55(81)70-47-35(12)91-63(89)52(31(7)8)74(17)40(78)27-72(15)59(85)38-21-19-25-76(38)61(87)43(29(3)4)68-57(47)83/h22-23,28-31,34-35,37-38,42-43,46-47,51-52,64,79H,18-21,24-27H2,1-17H3,(H,67,82)(H,68,83)(H,69,80)(H,70,81)/t34-,35-,37+,38+,42-,43-,46+,47+,51+,52+/m1/s1. The number of anilines is 1. The van der Waals surface area contributed by atoms with Gasteiger partial charge in [-0.1, -0.05) is 61.5 Å². The van der Waals surface area contributed by atoms with Crippen molar-refractivity contribution in [3.8, 4) is 5.75 Å². The van der Waals surface area contributed by atoms with Gasteiger partial charge in [0.15, 0.2) is 0 Å². The Labute approximate surface area is 529 Å². The first-order valence-corrected chi connectivity index (χ1v) is 31.0. The van der Waals surface area contributed by atoms with Crippen molar-refractivity contribution in [1.82, 2.24) is 60.6 Å². The van der Waals surface area contributed by atoms with E-state index in [1.54, 1.807) is 68.4 Å². The van der Waals surface area contributed by atoms with Gasteiger partial charge in [0, 0.05) is 53.9 Å². The van der Waals surface area contributed by atoms with E-state index in [0.29, 0.717) is 24.8 Å². The zero-order chi connectivity index (χ0) is 67.7. The second-order valence-electron chi connectivity index (χ2n) is 25.8. The first-order valence-electron chi connectivity index (χ1n) is 31.0. The van der Waals surface area contributed by atoms with E-state index in [4.69, 9.17) is 19.4 Å². The first-order chi connectivity index (χ1) is 42.6. The highest BCUT2D eigenvalue weighted by Crippen LogP contribution is 2.39. The molecule has 28 nitrogen and oxygen atoms in total. The van der Waals surface area contributed by atoms with Crippen LogP contribution >= 0.6 is 0 Å². The van der Waals surface area contributed by atoms with Gasteiger partial charge < -0.3 is 70.6 Å². The number of esters is 2. The Kier molecular flexibility index (Phi) is 21.6. The molecule has 5 heterocycles. The molecule has 7 rings (SSSR count). The Morgan fingerprint density at radius 1 is 0.582 bits per heavy atom. The van der Waals surface area contributed by atoms with Crippen LogP contribution in [-0.4, -0.2) is 237 Å². The van der Waals surface area contributed by atoms with Gasteiger partial charge in [0.25, 0.3) is 11.8 Å². The Hall–Kier alpha value is -8.72. The van der Waals surface area contributed by atoms with Crippen LogP contribution in [0.2, 0.25) is 0 Å². The number of nitrogens with one attached hydrogen (secondary N) is 5. The maximum atomic E-state index is 15.4. The molecule has 91 heavy (non-hydrogen) atoms. The lowest BCUT2D eigenvalue weighted by Gasteiger charge is -2.36. The monoisotopic (exact) mass is 1270 g/mol. The van der Waals surface area contributed by atoms with Crippen molar-refractivity contribution in [1.29, 1.82) is 0 Å². The molecule has 10 atom stereocenters. The second kappa shape index (κ2) is 28.2. The normalized spacial score (nSPS) is 26.0. The highest BCUT2D eigenvalue weighted by molar-refractivity contribution is 6.16. The number of cyclic esters (lactones) is 2. The summed E-state index contributed by atoms with van der Waals surface area (Å²) in [5.74, 6) is -12.1. The fraction of sp³-hybridized carbons (Fsp3) is 0.619. The number of benzene rings is 2. The molecule has 0 unspecified atom stereocenters. The van der Waals surface area contributed by atoms with Gasteiger partial charge in [-0.05, 0) is 88.7 Å². The molecule has 496 valence electrons. The third-order valence-corrected chi connectivity index (χ3v) is 17.8. The molecule has 0 saturated carbocycles. The number of fused-ring (bicyclic) bond motifs is 4. The Morgan fingerprint density at radius 2 is 1.00 bits per heavy atom. The van der Waals surface area contributed by atoms with Crippen molar-refractivity contribution in [2.24, 2.45) is 23.7 Å². The SMILES string of the molecule is CNc1c(O)c(C)c2nc3c(C)ccc(C(=O)N[C@@H]4C(=O)N[C@H](C(C)C)C(=O)N5CCC[C@H]5C(=O)N(C)CC(=O)N(C)[C@@H](C(C)C)C(=O)O[C@@H]4C)c3nc2c1C(=O)N[C@@H]1C(=O)N[C@H](C(C)C)C(=O)N2CCC[C@H]2C(=O)N(C)CC(=O)N(C)[C@@H](C(C)C)C(=O)O[C@@H]1C. The van der Waals surface area contributed by atoms with Gasteiger partial charge in [0.2, 0.25) is 47.3 Å². The molecule has 0 bridgehead atoms. The highest BCUT2D eigenvalue weighted by Gasteiger charge is 2.46. The molecular weight excluding hydrogens is 1180 g/mol. The highest BCUT2D eigenvalue weighted by atomic mass is 16.6. The summed E-state index contributed by atoms with van der Waals surface area (Å²) in [5, 5.41) is 25.7. The maximum Gasteiger partial charge on any atom is 0.329 e. The van der Waals surface area contributed by atoms with Crippen molar-refractivity contribution >= 4 is 98.8 Å². The van der Waals surface area contributed by atoms with E-state index < -0.39 is 180 Å². The minimum Gasteiger partial charge on any atom is -0.505 e. The van der Waals surface area contributed by atoms with Gasteiger partial charge in [-0.2, -0.15) is 0 Å². The van der Waals surface area contributed by atoms with Crippen LogP contribution < -0.4 is 26.6 Å². The van der Waals surface area contributed by atoms with Crippen LogP contribution in [0.25, 0.3) is 22.1 Å². The summed E-state index contributed by atoms with van der Waals surface area (Å²) in [7, 11) is 7.04. The topological polar surface area (TPSA) is 349 Å². The van der Waals surface area contributed by atoms with Gasteiger partial charge in [-0.15, -0.1) is 0 Å². The molecule has 4 fully saturated rings. The van der Waals surface area contributed by atoms with E-state index in [-0.39, 0.29) is 58.4 Å². The fourth-order valence-electron chi connectivity index (χ4n) is 12.6. The quantitative estimate of drug-likeness (QED) is 0.100. The predicted octanol–water partition coefficient (Wildman–Crippen LogP) is 1.38. The van der Waals surface area contributed by atoms with Gasteiger partial charge >= 0.3 is 11.9 Å². The molecular formula is C63H89N13O15. The fourth-order valence-corrected chi connectivity index (χ4v) is 12.6. The summed E-state index contributed by atoms with van der Waals surface area (Å²) in [4.78, 5) is 191. The minimum atomic E-state index is -1.83. The van der Waals surface area contributed by atoms with Crippen LogP contribution in [0.15, 0.2) is 12.1 Å². The molecule has 4 saturated heterocycles. The van der Waals surface area contributed by atoms with Crippen molar-refractivity contribution < 1.29 is 72.1 Å². The lowest BCUT2D eigenvalue weighted by atomic mass is 9.99. The average molecular weight is 1270 g/mol. The zero-order valence-electron chi connectivity index (χ0n) is 55.1. The van der Waals surface area contributed by atoms with Crippen molar-refractivity contribution in [2.75, 3.05) is 66.7 Å². The number of amides is 10. The zero-order valence-corrected chi connectivity index (χ0v) is 55.1. The molecule has 0 aliphatic carbocycles. The van der Waals surface area contributed by atoms with Crippen LogP contribution in [0.4, 0.5) is 5.69 Å². The summed E-state index contributed by atoms with van der Waals surface area (Å²) in [5.41, 5.74) is -0.551. The summed E-state index contributed by atoms with van der Waals surface area (Å²) in [6.07, 6.45) is -1.54. The molecule has 28 heteroatoms. The Morgan fingerprint density at radius 3 is 1.41 bits per heavy atom. The van der Waals surface area contributed by atoms with Crippen LogP contribution in [0.3, 0.4) is 0 Å². The number of phenolic OH excluding ortho intramolecular Hbond substituents is 1. The number of rotatable bonds is 9. The number of hydrogen-bond donors (Lipinski definition) is 6. The number of aromatic nitrogens is 2. The van der Waals surface area contributed by atoms with E-state index >= 15 is 9.59 Å². The van der Waals surface area contributed by atoms with Crippen molar-refractivity contribution in [3.05, 3.63) is 34.4 Å². The third-order valence-electron chi connectivity index (χ3n) is 17.8. The predicted molar refractivity (Wildman–Crippen MR) is 332 cm³/mol. The van der Waals surface area contributed by atoms with Gasteiger partial charge in [-0.3, -0.25) is 47.9 Å². The summed E-state index contributed by atoms with van der Waals surface area (Å²) < 4.78 is 12.0. The average Bonchev–Trinajstić information content (AvgIpc) is 1.28. The van der Waals surface area contributed by atoms with Crippen LogP contribution in [0.5, 0.6) is 5.75 Å². The number of ether oxygens (including phenoxy) is 2.